The van der Waals surface area contributed by atoms with E-state index in [-0.39, 0.29) is 5.82 Å². The lowest BCUT2D eigenvalue weighted by molar-refractivity contribution is 0.628. The van der Waals surface area contributed by atoms with Crippen molar-refractivity contribution in [2.24, 2.45) is 4.99 Å². The van der Waals surface area contributed by atoms with E-state index in [0.29, 0.717) is 0 Å². The van der Waals surface area contributed by atoms with E-state index in [1.165, 1.54) is 17.7 Å². The van der Waals surface area contributed by atoms with Gasteiger partial charge in [-0.2, -0.15) is 0 Å². The summed E-state index contributed by atoms with van der Waals surface area (Å²) in [6, 6.07) is 14.2. The fraction of sp³-hybridized carbons (Fsp3) is 0.0714. The van der Waals surface area contributed by atoms with Crippen LogP contribution in [0.15, 0.2) is 53.5 Å². The molecule has 0 N–H and O–H groups in total. The molecule has 0 saturated carbocycles. The van der Waals surface area contributed by atoms with E-state index >= 15 is 0 Å². The zero-order chi connectivity index (χ0) is 11.4. The third kappa shape index (κ3) is 2.76. The van der Waals surface area contributed by atoms with Crippen molar-refractivity contribution in [2.45, 2.75) is 6.92 Å². The maximum atomic E-state index is 12.6. The first kappa shape index (κ1) is 10.6. The number of hydrogen-bond acceptors (Lipinski definition) is 1. The van der Waals surface area contributed by atoms with Crippen LogP contribution >= 0.6 is 0 Å². The molecule has 0 aliphatic carbocycles. The number of aliphatic imine (C=N–C) groups is 1. The molecule has 0 bridgehead atoms. The largest absolute Gasteiger partial charge is 0.256 e. The van der Waals surface area contributed by atoms with Gasteiger partial charge in [-0.05, 0) is 36.8 Å². The van der Waals surface area contributed by atoms with Crippen molar-refractivity contribution in [3.05, 3.63) is 65.5 Å². The molecule has 0 spiro atoms. The highest BCUT2D eigenvalue weighted by Crippen LogP contribution is 2.12. The van der Waals surface area contributed by atoms with Crippen molar-refractivity contribution in [1.82, 2.24) is 0 Å². The summed E-state index contributed by atoms with van der Waals surface area (Å²) in [5.74, 6) is -0.241. The van der Waals surface area contributed by atoms with Crippen molar-refractivity contribution >= 4 is 11.9 Å². The summed E-state index contributed by atoms with van der Waals surface area (Å²) in [6.45, 7) is 2.04. The summed E-state index contributed by atoms with van der Waals surface area (Å²) in [4.78, 5) is 4.26. The Morgan fingerprint density at radius 1 is 0.938 bits per heavy atom. The Morgan fingerprint density at radius 2 is 1.56 bits per heavy atom. The monoisotopic (exact) mass is 213 g/mol. The van der Waals surface area contributed by atoms with Gasteiger partial charge in [0.25, 0.3) is 0 Å². The molecule has 2 heteroatoms. The number of halogens is 1. The highest BCUT2D eigenvalue weighted by atomic mass is 19.1. The summed E-state index contributed by atoms with van der Waals surface area (Å²) in [5.41, 5.74) is 3.01. The topological polar surface area (TPSA) is 12.4 Å². The highest BCUT2D eigenvalue weighted by molar-refractivity contribution is 5.81. The number of nitrogens with zero attached hydrogens (tertiary/aromatic N) is 1. The van der Waals surface area contributed by atoms with Gasteiger partial charge in [-0.25, -0.2) is 4.39 Å². The van der Waals surface area contributed by atoms with Gasteiger partial charge in [0, 0.05) is 6.21 Å². The normalized spacial score (nSPS) is 10.9. The number of aryl methyl sites for hydroxylation is 1. The van der Waals surface area contributed by atoms with E-state index in [4.69, 9.17) is 0 Å². The average molecular weight is 213 g/mol. The Hall–Kier alpha value is -1.96. The lowest BCUT2D eigenvalue weighted by Crippen LogP contribution is -1.80. The molecule has 0 saturated heterocycles. The third-order valence-corrected chi connectivity index (χ3v) is 2.27. The zero-order valence-electron chi connectivity index (χ0n) is 9.02. The molecule has 0 fully saturated rings. The van der Waals surface area contributed by atoms with E-state index < -0.39 is 0 Å². The highest BCUT2D eigenvalue weighted by Gasteiger charge is 1.90. The Balaban J connectivity index is 2.15. The van der Waals surface area contributed by atoms with Crippen LogP contribution in [0.5, 0.6) is 0 Å². The van der Waals surface area contributed by atoms with Gasteiger partial charge < -0.3 is 0 Å². The van der Waals surface area contributed by atoms with Gasteiger partial charge in [-0.3, -0.25) is 4.99 Å². The lowest BCUT2D eigenvalue weighted by Gasteiger charge is -1.95. The minimum absolute atomic E-state index is 0.241. The molecule has 0 aromatic heterocycles. The van der Waals surface area contributed by atoms with Crippen molar-refractivity contribution in [2.75, 3.05) is 0 Å². The minimum atomic E-state index is -0.241. The maximum absolute atomic E-state index is 12.6. The molecule has 0 heterocycles. The van der Waals surface area contributed by atoms with Gasteiger partial charge in [0.1, 0.15) is 5.82 Å². The van der Waals surface area contributed by atoms with Crippen LogP contribution < -0.4 is 0 Å². The molecule has 80 valence electrons. The smallest absolute Gasteiger partial charge is 0.123 e. The predicted octanol–water partition coefficient (Wildman–Crippen LogP) is 3.88. The second-order valence-corrected chi connectivity index (χ2v) is 3.65. The van der Waals surface area contributed by atoms with Gasteiger partial charge in [-0.15, -0.1) is 0 Å². The average Bonchev–Trinajstić information content (AvgIpc) is 2.30. The van der Waals surface area contributed by atoms with E-state index in [9.17, 15) is 4.39 Å². The van der Waals surface area contributed by atoms with Gasteiger partial charge in [-0.1, -0.05) is 29.8 Å². The molecule has 0 amide bonds. The maximum Gasteiger partial charge on any atom is 0.123 e. The van der Waals surface area contributed by atoms with E-state index in [0.717, 1.165) is 11.3 Å². The molecule has 2 rings (SSSR count). The lowest BCUT2D eigenvalue weighted by atomic mass is 10.2. The van der Waals surface area contributed by atoms with Gasteiger partial charge in [0.05, 0.1) is 5.69 Å². The van der Waals surface area contributed by atoms with Crippen LogP contribution in [0, 0.1) is 12.7 Å². The molecule has 2 aromatic rings. The SMILES string of the molecule is Cc1ccc(/C=N/c2ccc(F)cc2)cc1. The standard InChI is InChI=1S/C14H12FN/c1-11-2-4-12(5-3-11)10-16-14-8-6-13(15)7-9-14/h2-10H,1H3/b16-10+. The second kappa shape index (κ2) is 4.71. The van der Waals surface area contributed by atoms with Crippen LogP contribution in [0.1, 0.15) is 11.1 Å². The van der Waals surface area contributed by atoms with Crippen LogP contribution in [-0.4, -0.2) is 6.21 Å². The van der Waals surface area contributed by atoms with E-state index in [2.05, 4.69) is 4.99 Å². The first-order chi connectivity index (χ1) is 7.74. The molecule has 0 aliphatic rings. The molecule has 16 heavy (non-hydrogen) atoms. The molecular formula is C14H12FN. The Labute approximate surface area is 94.3 Å². The molecule has 1 nitrogen and oxygen atoms in total. The molecule has 0 aliphatic heterocycles. The van der Waals surface area contributed by atoms with Crippen LogP contribution in [0.3, 0.4) is 0 Å². The Morgan fingerprint density at radius 3 is 2.19 bits per heavy atom. The summed E-state index contributed by atoms with van der Waals surface area (Å²) < 4.78 is 12.6. The summed E-state index contributed by atoms with van der Waals surface area (Å²) in [5, 5.41) is 0. The molecule has 2 aromatic carbocycles. The van der Waals surface area contributed by atoms with Crippen molar-refractivity contribution in [1.29, 1.82) is 0 Å². The number of hydrogen-bond donors (Lipinski definition) is 0. The second-order valence-electron chi connectivity index (χ2n) is 3.65. The van der Waals surface area contributed by atoms with Crippen LogP contribution in [-0.2, 0) is 0 Å². The van der Waals surface area contributed by atoms with E-state index in [1.54, 1.807) is 18.3 Å². The van der Waals surface area contributed by atoms with Crippen molar-refractivity contribution < 1.29 is 4.39 Å². The van der Waals surface area contributed by atoms with Crippen molar-refractivity contribution in [3.63, 3.8) is 0 Å². The van der Waals surface area contributed by atoms with Gasteiger partial charge >= 0.3 is 0 Å². The summed E-state index contributed by atoms with van der Waals surface area (Å²) in [7, 11) is 0. The number of rotatable bonds is 2. The van der Waals surface area contributed by atoms with Crippen LogP contribution in [0.2, 0.25) is 0 Å². The predicted molar refractivity (Wildman–Crippen MR) is 64.8 cm³/mol. The summed E-state index contributed by atoms with van der Waals surface area (Å²) in [6.07, 6.45) is 1.77. The van der Waals surface area contributed by atoms with E-state index in [1.807, 2.05) is 31.2 Å². The van der Waals surface area contributed by atoms with Gasteiger partial charge in [0.2, 0.25) is 0 Å². The summed E-state index contributed by atoms with van der Waals surface area (Å²) >= 11 is 0. The molecule has 0 unspecified atom stereocenters. The Bertz CT molecular complexity index is 436. The zero-order valence-corrected chi connectivity index (χ0v) is 9.02. The van der Waals surface area contributed by atoms with Crippen LogP contribution in [0.25, 0.3) is 0 Å². The molecule has 0 atom stereocenters. The quantitative estimate of drug-likeness (QED) is 0.671. The van der Waals surface area contributed by atoms with Crippen molar-refractivity contribution in [3.8, 4) is 0 Å². The fourth-order valence-electron chi connectivity index (χ4n) is 1.33. The third-order valence-electron chi connectivity index (χ3n) is 2.27. The molecule has 0 radical (unpaired) electrons. The number of benzene rings is 2. The molecular weight excluding hydrogens is 201 g/mol. The Kier molecular flexibility index (Phi) is 3.10. The first-order valence-corrected chi connectivity index (χ1v) is 5.10. The van der Waals surface area contributed by atoms with Crippen LogP contribution in [0.4, 0.5) is 10.1 Å². The van der Waals surface area contributed by atoms with Gasteiger partial charge in [0.15, 0.2) is 0 Å². The minimum Gasteiger partial charge on any atom is -0.256 e. The fourth-order valence-corrected chi connectivity index (χ4v) is 1.33. The first-order valence-electron chi connectivity index (χ1n) is 5.10.